The van der Waals surface area contributed by atoms with E-state index in [1.165, 1.54) is 6.42 Å². The molecular formula is C18H22N2O. The van der Waals surface area contributed by atoms with Crippen LogP contribution in [0, 0.1) is 0 Å². The van der Waals surface area contributed by atoms with Crippen molar-refractivity contribution in [2.24, 2.45) is 0 Å². The molecule has 2 aromatic rings. The summed E-state index contributed by atoms with van der Waals surface area (Å²) in [5.41, 5.74) is 3.14. The first kappa shape index (κ1) is 14.1. The number of allylic oxidation sites excluding steroid dienone is 2. The molecule has 1 aromatic carbocycles. The summed E-state index contributed by atoms with van der Waals surface area (Å²) in [6, 6.07) is 8.15. The van der Waals surface area contributed by atoms with Gasteiger partial charge in [-0.25, -0.2) is 4.98 Å². The highest BCUT2D eigenvalue weighted by Crippen LogP contribution is 2.21. The molecule has 1 aliphatic rings. The minimum atomic E-state index is 0.252. The average Bonchev–Trinajstić information content (AvgIpc) is 2.86. The first-order chi connectivity index (χ1) is 10.3. The maximum absolute atomic E-state index is 12.5. The van der Waals surface area contributed by atoms with Gasteiger partial charge < -0.3 is 4.57 Å². The number of rotatable bonds is 5. The van der Waals surface area contributed by atoms with Gasteiger partial charge in [-0.3, -0.25) is 4.79 Å². The fraction of sp³-hybridized carbons (Fsp3) is 0.444. The zero-order chi connectivity index (χ0) is 14.7. The molecule has 21 heavy (non-hydrogen) atoms. The lowest BCUT2D eigenvalue weighted by molar-refractivity contribution is -0.115. The topological polar surface area (TPSA) is 34.9 Å². The standard InChI is InChI=1S/C18H22N2O/c1-2-12-20-16-11-7-6-10-15(16)19-18(20)13-17(21)14-8-4-3-5-9-14/h6-8,10-11H,2-5,9,12-13H2,1H3. The Morgan fingerprint density at radius 2 is 2.14 bits per heavy atom. The average molecular weight is 282 g/mol. The van der Waals surface area contributed by atoms with Gasteiger partial charge in [0.1, 0.15) is 5.82 Å². The number of fused-ring (bicyclic) bond motifs is 1. The lowest BCUT2D eigenvalue weighted by Crippen LogP contribution is -2.13. The maximum Gasteiger partial charge on any atom is 0.166 e. The Morgan fingerprint density at radius 3 is 2.90 bits per heavy atom. The number of aryl methyl sites for hydroxylation is 1. The third-order valence-electron chi connectivity index (χ3n) is 4.15. The van der Waals surface area contributed by atoms with Crippen LogP contribution >= 0.6 is 0 Å². The first-order valence-corrected chi connectivity index (χ1v) is 7.96. The van der Waals surface area contributed by atoms with E-state index in [-0.39, 0.29) is 5.78 Å². The maximum atomic E-state index is 12.5. The number of aromatic nitrogens is 2. The zero-order valence-electron chi connectivity index (χ0n) is 12.6. The summed E-state index contributed by atoms with van der Waals surface area (Å²) < 4.78 is 2.20. The van der Waals surface area contributed by atoms with Crippen molar-refractivity contribution in [1.29, 1.82) is 0 Å². The predicted octanol–water partition coefficient (Wildman–Crippen LogP) is 4.06. The number of carbonyl (C=O) groups is 1. The Labute approximate surface area is 125 Å². The van der Waals surface area contributed by atoms with E-state index >= 15 is 0 Å². The third-order valence-corrected chi connectivity index (χ3v) is 4.15. The van der Waals surface area contributed by atoms with Gasteiger partial charge in [0, 0.05) is 6.54 Å². The van der Waals surface area contributed by atoms with Crippen LogP contribution in [-0.2, 0) is 17.8 Å². The van der Waals surface area contributed by atoms with Crippen LogP contribution < -0.4 is 0 Å². The Morgan fingerprint density at radius 1 is 1.29 bits per heavy atom. The molecule has 0 saturated carbocycles. The Balaban J connectivity index is 1.90. The highest BCUT2D eigenvalue weighted by atomic mass is 16.1. The fourth-order valence-corrected chi connectivity index (χ4v) is 3.08. The van der Waals surface area contributed by atoms with Crippen molar-refractivity contribution in [2.75, 3.05) is 0 Å². The van der Waals surface area contributed by atoms with E-state index in [0.717, 1.165) is 54.7 Å². The van der Waals surface area contributed by atoms with Crippen molar-refractivity contribution in [3.63, 3.8) is 0 Å². The number of Topliss-reactive ketones (excluding diaryl/α,β-unsaturated/α-hetero) is 1. The monoisotopic (exact) mass is 282 g/mol. The van der Waals surface area contributed by atoms with Gasteiger partial charge in [-0.1, -0.05) is 25.1 Å². The first-order valence-electron chi connectivity index (χ1n) is 7.96. The van der Waals surface area contributed by atoms with Crippen molar-refractivity contribution in [3.8, 4) is 0 Å². The summed E-state index contributed by atoms with van der Waals surface area (Å²) in [6.45, 7) is 3.08. The molecule has 0 amide bonds. The van der Waals surface area contributed by atoms with E-state index in [4.69, 9.17) is 0 Å². The van der Waals surface area contributed by atoms with Crippen LogP contribution in [-0.4, -0.2) is 15.3 Å². The molecule has 1 aromatic heterocycles. The molecule has 3 rings (SSSR count). The molecule has 3 heteroatoms. The van der Waals surface area contributed by atoms with Crippen LogP contribution in [0.5, 0.6) is 0 Å². The predicted molar refractivity (Wildman–Crippen MR) is 85.3 cm³/mol. The van der Waals surface area contributed by atoms with Crippen LogP contribution in [0.4, 0.5) is 0 Å². The number of para-hydroxylation sites is 2. The van der Waals surface area contributed by atoms with Crippen molar-refractivity contribution >= 4 is 16.8 Å². The van der Waals surface area contributed by atoms with Gasteiger partial charge in [0.2, 0.25) is 0 Å². The second-order valence-corrected chi connectivity index (χ2v) is 5.74. The molecule has 0 unspecified atom stereocenters. The number of ketones is 1. The minimum Gasteiger partial charge on any atom is -0.328 e. The molecule has 110 valence electrons. The number of imidazole rings is 1. The number of carbonyl (C=O) groups excluding carboxylic acids is 1. The number of benzene rings is 1. The summed E-state index contributed by atoms with van der Waals surface area (Å²) in [6.07, 6.45) is 7.94. The van der Waals surface area contributed by atoms with Crippen molar-refractivity contribution in [1.82, 2.24) is 9.55 Å². The van der Waals surface area contributed by atoms with Gasteiger partial charge in [0.25, 0.3) is 0 Å². The zero-order valence-corrected chi connectivity index (χ0v) is 12.6. The van der Waals surface area contributed by atoms with E-state index in [2.05, 4.69) is 28.6 Å². The second-order valence-electron chi connectivity index (χ2n) is 5.74. The van der Waals surface area contributed by atoms with E-state index in [0.29, 0.717) is 6.42 Å². The van der Waals surface area contributed by atoms with Gasteiger partial charge in [-0.2, -0.15) is 0 Å². The van der Waals surface area contributed by atoms with E-state index in [1.807, 2.05) is 18.2 Å². The molecular weight excluding hydrogens is 260 g/mol. The van der Waals surface area contributed by atoms with Gasteiger partial charge >= 0.3 is 0 Å². The van der Waals surface area contributed by atoms with E-state index < -0.39 is 0 Å². The van der Waals surface area contributed by atoms with Gasteiger partial charge in [0.05, 0.1) is 17.5 Å². The molecule has 0 spiro atoms. The lowest BCUT2D eigenvalue weighted by atomic mass is 9.95. The van der Waals surface area contributed by atoms with Crippen LogP contribution in [0.1, 0.15) is 44.9 Å². The van der Waals surface area contributed by atoms with Crippen molar-refractivity contribution < 1.29 is 4.79 Å². The Kier molecular flexibility index (Phi) is 4.18. The molecule has 0 radical (unpaired) electrons. The number of hydrogen-bond donors (Lipinski definition) is 0. The molecule has 1 aliphatic carbocycles. The molecule has 3 nitrogen and oxygen atoms in total. The summed E-state index contributed by atoms with van der Waals surface area (Å²) in [5.74, 6) is 1.16. The molecule has 1 heterocycles. The van der Waals surface area contributed by atoms with Gasteiger partial charge in [0.15, 0.2) is 5.78 Å². The number of hydrogen-bond acceptors (Lipinski definition) is 2. The van der Waals surface area contributed by atoms with E-state index in [9.17, 15) is 4.79 Å². The van der Waals surface area contributed by atoms with Crippen LogP contribution in [0.2, 0.25) is 0 Å². The highest BCUT2D eigenvalue weighted by Gasteiger charge is 2.17. The van der Waals surface area contributed by atoms with Gasteiger partial charge in [-0.15, -0.1) is 0 Å². The fourth-order valence-electron chi connectivity index (χ4n) is 3.08. The molecule has 0 fully saturated rings. The minimum absolute atomic E-state index is 0.252. The second kappa shape index (κ2) is 6.25. The van der Waals surface area contributed by atoms with Crippen molar-refractivity contribution in [2.45, 2.75) is 52.0 Å². The van der Waals surface area contributed by atoms with Crippen LogP contribution in [0.3, 0.4) is 0 Å². The summed E-state index contributed by atoms with van der Waals surface area (Å²) in [5, 5.41) is 0. The Bertz CT molecular complexity index is 682. The molecule has 0 atom stereocenters. The quantitative estimate of drug-likeness (QED) is 0.829. The summed E-state index contributed by atoms with van der Waals surface area (Å²) >= 11 is 0. The number of nitrogens with zero attached hydrogens (tertiary/aromatic N) is 2. The van der Waals surface area contributed by atoms with Crippen molar-refractivity contribution in [3.05, 3.63) is 41.7 Å². The summed E-state index contributed by atoms with van der Waals surface area (Å²) in [4.78, 5) is 17.2. The molecule has 0 aliphatic heterocycles. The summed E-state index contributed by atoms with van der Waals surface area (Å²) in [7, 11) is 0. The normalized spacial score (nSPS) is 15.2. The Hall–Kier alpha value is -1.90. The molecule has 0 bridgehead atoms. The van der Waals surface area contributed by atoms with Crippen LogP contribution in [0.15, 0.2) is 35.9 Å². The molecule has 0 saturated heterocycles. The SMILES string of the molecule is CCCn1c(CC(=O)C2=CCCCC2)nc2ccccc21. The molecule has 0 N–H and O–H groups in total. The largest absolute Gasteiger partial charge is 0.328 e. The lowest BCUT2D eigenvalue weighted by Gasteiger charge is -2.12. The van der Waals surface area contributed by atoms with Gasteiger partial charge in [-0.05, 0) is 49.8 Å². The highest BCUT2D eigenvalue weighted by molar-refractivity contribution is 5.96. The van der Waals surface area contributed by atoms with E-state index in [1.54, 1.807) is 0 Å². The third kappa shape index (κ3) is 2.92. The van der Waals surface area contributed by atoms with Crippen LogP contribution in [0.25, 0.3) is 11.0 Å². The smallest absolute Gasteiger partial charge is 0.166 e.